The van der Waals surface area contributed by atoms with Crippen LogP contribution >= 0.6 is 0 Å². The molecule has 4 heteroatoms. The van der Waals surface area contributed by atoms with Crippen molar-refractivity contribution in [1.29, 1.82) is 0 Å². The van der Waals surface area contributed by atoms with E-state index in [4.69, 9.17) is 10.6 Å². The zero-order valence-corrected chi connectivity index (χ0v) is 10.2. The van der Waals surface area contributed by atoms with E-state index in [-0.39, 0.29) is 11.9 Å². The molecule has 0 radical (unpaired) electrons. The van der Waals surface area contributed by atoms with Crippen molar-refractivity contribution in [3.05, 3.63) is 59.7 Å². The van der Waals surface area contributed by atoms with Crippen LogP contribution in [-0.4, -0.2) is 5.78 Å². The van der Waals surface area contributed by atoms with Gasteiger partial charge in [-0.1, -0.05) is 30.3 Å². The maximum atomic E-state index is 12.2. The number of hydrogen-bond acceptors (Lipinski definition) is 4. The summed E-state index contributed by atoms with van der Waals surface area (Å²) in [5, 5.41) is 0. The third-order valence-electron chi connectivity index (χ3n) is 3.20. The number of carbonyl (C=O) groups is 1. The standard InChI is InChI=1S/C15H13NO3/c16-19-11-6-7-14-12(8-11)13(17)9-15(18-14)10-4-2-1-3-5-10/h1-8,15H,9,16H2. The highest BCUT2D eigenvalue weighted by atomic mass is 16.6. The zero-order chi connectivity index (χ0) is 13.2. The number of ketones is 1. The predicted molar refractivity (Wildman–Crippen MR) is 70.0 cm³/mol. The summed E-state index contributed by atoms with van der Waals surface area (Å²) >= 11 is 0. The molecule has 2 aromatic carbocycles. The van der Waals surface area contributed by atoms with E-state index in [1.165, 1.54) is 0 Å². The summed E-state index contributed by atoms with van der Waals surface area (Å²) in [5.74, 6) is 6.16. The summed E-state index contributed by atoms with van der Waals surface area (Å²) in [5.41, 5.74) is 1.52. The number of hydrogen-bond donors (Lipinski definition) is 1. The molecule has 0 fully saturated rings. The summed E-state index contributed by atoms with van der Waals surface area (Å²) < 4.78 is 5.87. The van der Waals surface area contributed by atoms with Gasteiger partial charge in [0.25, 0.3) is 0 Å². The van der Waals surface area contributed by atoms with Crippen LogP contribution in [0.3, 0.4) is 0 Å². The second-order valence-corrected chi connectivity index (χ2v) is 4.42. The molecule has 0 saturated carbocycles. The van der Waals surface area contributed by atoms with Gasteiger partial charge in [0.2, 0.25) is 0 Å². The molecule has 1 unspecified atom stereocenters. The van der Waals surface area contributed by atoms with E-state index in [1.807, 2.05) is 30.3 Å². The average molecular weight is 255 g/mol. The lowest BCUT2D eigenvalue weighted by Gasteiger charge is -2.25. The van der Waals surface area contributed by atoms with Crippen LogP contribution in [0, 0.1) is 0 Å². The third-order valence-corrected chi connectivity index (χ3v) is 3.20. The third kappa shape index (κ3) is 2.18. The Kier molecular flexibility index (Phi) is 2.93. The van der Waals surface area contributed by atoms with E-state index >= 15 is 0 Å². The van der Waals surface area contributed by atoms with Crippen LogP contribution in [0.1, 0.15) is 28.4 Å². The summed E-state index contributed by atoms with van der Waals surface area (Å²) in [4.78, 5) is 16.8. The van der Waals surface area contributed by atoms with Gasteiger partial charge >= 0.3 is 0 Å². The van der Waals surface area contributed by atoms with Gasteiger partial charge in [-0.2, -0.15) is 5.90 Å². The van der Waals surface area contributed by atoms with Crippen LogP contribution in [0.25, 0.3) is 0 Å². The number of ether oxygens (including phenoxy) is 1. The largest absolute Gasteiger partial charge is 0.484 e. The zero-order valence-electron chi connectivity index (χ0n) is 10.2. The lowest BCUT2D eigenvalue weighted by Crippen LogP contribution is -2.20. The summed E-state index contributed by atoms with van der Waals surface area (Å²) in [7, 11) is 0. The van der Waals surface area contributed by atoms with E-state index in [0.717, 1.165) is 5.56 Å². The minimum absolute atomic E-state index is 0.0361. The lowest BCUT2D eigenvalue weighted by atomic mass is 9.96. The summed E-state index contributed by atoms with van der Waals surface area (Å²) in [6.45, 7) is 0. The maximum absolute atomic E-state index is 12.2. The molecule has 1 heterocycles. The molecular weight excluding hydrogens is 242 g/mol. The van der Waals surface area contributed by atoms with Gasteiger partial charge in [-0.15, -0.1) is 0 Å². The van der Waals surface area contributed by atoms with Crippen LogP contribution in [0.5, 0.6) is 11.5 Å². The highest BCUT2D eigenvalue weighted by Gasteiger charge is 2.27. The molecule has 0 spiro atoms. The van der Waals surface area contributed by atoms with Crippen molar-refractivity contribution in [3.63, 3.8) is 0 Å². The van der Waals surface area contributed by atoms with Gasteiger partial charge in [0, 0.05) is 0 Å². The van der Waals surface area contributed by atoms with Crippen LogP contribution in [-0.2, 0) is 0 Å². The fraction of sp³-hybridized carbons (Fsp3) is 0.133. The summed E-state index contributed by atoms with van der Waals surface area (Å²) in [6.07, 6.45) is 0.0937. The molecule has 4 nitrogen and oxygen atoms in total. The van der Waals surface area contributed by atoms with Crippen molar-refractivity contribution in [2.45, 2.75) is 12.5 Å². The van der Waals surface area contributed by atoms with E-state index in [0.29, 0.717) is 23.5 Å². The molecule has 2 aromatic rings. The van der Waals surface area contributed by atoms with Gasteiger partial charge < -0.3 is 9.57 Å². The number of rotatable bonds is 2. The van der Waals surface area contributed by atoms with Gasteiger partial charge in [-0.05, 0) is 23.8 Å². The van der Waals surface area contributed by atoms with E-state index in [2.05, 4.69) is 4.84 Å². The SMILES string of the molecule is NOc1ccc2c(c1)C(=O)CC(c1ccccc1)O2. The Morgan fingerprint density at radius 1 is 1.16 bits per heavy atom. The van der Waals surface area contributed by atoms with Crippen LogP contribution < -0.4 is 15.5 Å². The molecule has 2 N–H and O–H groups in total. The Morgan fingerprint density at radius 2 is 1.95 bits per heavy atom. The van der Waals surface area contributed by atoms with Crippen LogP contribution in [0.15, 0.2) is 48.5 Å². The second-order valence-electron chi connectivity index (χ2n) is 4.42. The topological polar surface area (TPSA) is 61.5 Å². The molecule has 1 aliphatic heterocycles. The Labute approximate surface area is 110 Å². The van der Waals surface area contributed by atoms with Crippen molar-refractivity contribution in [1.82, 2.24) is 0 Å². The van der Waals surface area contributed by atoms with E-state index in [9.17, 15) is 4.79 Å². The molecular formula is C15H13NO3. The van der Waals surface area contributed by atoms with Crippen molar-refractivity contribution >= 4 is 5.78 Å². The van der Waals surface area contributed by atoms with Crippen molar-refractivity contribution in [2.24, 2.45) is 5.90 Å². The number of nitrogens with two attached hydrogens (primary N) is 1. The minimum atomic E-state index is -0.231. The molecule has 3 rings (SSSR count). The highest BCUT2D eigenvalue weighted by molar-refractivity contribution is 6.00. The molecule has 1 aliphatic rings. The smallest absolute Gasteiger partial charge is 0.170 e. The maximum Gasteiger partial charge on any atom is 0.170 e. The first kappa shape index (κ1) is 11.7. The van der Waals surface area contributed by atoms with Gasteiger partial charge in [0.05, 0.1) is 12.0 Å². The number of benzene rings is 2. The molecule has 0 bridgehead atoms. The number of carbonyl (C=O) groups excluding carboxylic acids is 1. The van der Waals surface area contributed by atoms with Crippen molar-refractivity contribution < 1.29 is 14.4 Å². The lowest BCUT2D eigenvalue weighted by molar-refractivity contribution is 0.0849. The average Bonchev–Trinajstić information content (AvgIpc) is 2.48. The highest BCUT2D eigenvalue weighted by Crippen LogP contribution is 2.36. The Bertz CT molecular complexity index is 610. The second kappa shape index (κ2) is 4.74. The molecule has 0 saturated heterocycles. The monoisotopic (exact) mass is 255 g/mol. The first-order chi connectivity index (χ1) is 9.28. The summed E-state index contributed by atoms with van der Waals surface area (Å²) in [6, 6.07) is 14.7. The van der Waals surface area contributed by atoms with Crippen LogP contribution in [0.2, 0.25) is 0 Å². The van der Waals surface area contributed by atoms with E-state index in [1.54, 1.807) is 18.2 Å². The minimum Gasteiger partial charge on any atom is -0.484 e. The van der Waals surface area contributed by atoms with Gasteiger partial charge in [-0.3, -0.25) is 4.79 Å². The number of fused-ring (bicyclic) bond motifs is 1. The molecule has 96 valence electrons. The Balaban J connectivity index is 1.95. The number of Topliss-reactive ketones (excluding diaryl/α,β-unsaturated/α-hetero) is 1. The molecule has 19 heavy (non-hydrogen) atoms. The molecule has 0 aliphatic carbocycles. The van der Waals surface area contributed by atoms with Crippen molar-refractivity contribution in [2.75, 3.05) is 0 Å². The molecule has 0 amide bonds. The van der Waals surface area contributed by atoms with Crippen LogP contribution in [0.4, 0.5) is 0 Å². The fourth-order valence-corrected chi connectivity index (χ4v) is 2.23. The first-order valence-corrected chi connectivity index (χ1v) is 6.03. The molecule has 1 atom stereocenters. The van der Waals surface area contributed by atoms with Crippen molar-refractivity contribution in [3.8, 4) is 11.5 Å². The molecule has 0 aromatic heterocycles. The van der Waals surface area contributed by atoms with Gasteiger partial charge in [0.15, 0.2) is 5.78 Å². The predicted octanol–water partition coefficient (Wildman–Crippen LogP) is 2.65. The van der Waals surface area contributed by atoms with Gasteiger partial charge in [0.1, 0.15) is 17.6 Å². The first-order valence-electron chi connectivity index (χ1n) is 6.03. The van der Waals surface area contributed by atoms with Gasteiger partial charge in [-0.25, -0.2) is 0 Å². The normalized spacial score (nSPS) is 17.5. The fourth-order valence-electron chi connectivity index (χ4n) is 2.23. The Hall–Kier alpha value is -2.33. The quantitative estimate of drug-likeness (QED) is 0.838. The van der Waals surface area contributed by atoms with E-state index < -0.39 is 0 Å². The Morgan fingerprint density at radius 3 is 2.68 bits per heavy atom.